The van der Waals surface area contributed by atoms with Crippen molar-refractivity contribution in [1.29, 1.82) is 0 Å². The molecule has 0 saturated heterocycles. The quantitative estimate of drug-likeness (QED) is 0.770. The Balaban J connectivity index is 2.54. The van der Waals surface area contributed by atoms with Gasteiger partial charge in [0.25, 0.3) is 0 Å². The van der Waals surface area contributed by atoms with Crippen LogP contribution in [0.4, 0.5) is 0 Å². The minimum absolute atomic E-state index is 0.372. The molecule has 0 aliphatic carbocycles. The molecule has 0 unspecified atom stereocenters. The molecule has 7 heteroatoms. The van der Waals surface area contributed by atoms with Crippen LogP contribution in [0.1, 0.15) is 16.3 Å². The second-order valence-electron chi connectivity index (χ2n) is 3.24. The van der Waals surface area contributed by atoms with E-state index in [0.29, 0.717) is 11.0 Å². The Morgan fingerprint density at radius 3 is 2.56 bits per heavy atom. The summed E-state index contributed by atoms with van der Waals surface area (Å²) < 4.78 is 2.76. The minimum atomic E-state index is 0.372. The van der Waals surface area contributed by atoms with Crippen molar-refractivity contribution in [2.24, 2.45) is 0 Å². The molecule has 0 aliphatic rings. The molecule has 2 rings (SSSR count). The summed E-state index contributed by atoms with van der Waals surface area (Å²) in [6.07, 6.45) is 0. The Kier molecular flexibility index (Phi) is 3.59. The van der Waals surface area contributed by atoms with Gasteiger partial charge in [0, 0.05) is 0 Å². The van der Waals surface area contributed by atoms with Crippen molar-refractivity contribution in [3.8, 4) is 5.13 Å². The highest BCUT2D eigenvalue weighted by atomic mass is 79.9. The monoisotopic (exact) mass is 339 g/mol. The number of rotatable bonds is 2. The summed E-state index contributed by atoms with van der Waals surface area (Å²) in [6, 6.07) is 0. The minimum Gasteiger partial charge on any atom is -0.209 e. The second kappa shape index (κ2) is 4.64. The fraction of sp³-hybridized carbons (Fsp3) is 0.333. The van der Waals surface area contributed by atoms with Gasteiger partial charge in [0.15, 0.2) is 0 Å². The van der Waals surface area contributed by atoms with Crippen LogP contribution < -0.4 is 0 Å². The molecule has 0 fully saturated rings. The fourth-order valence-electron chi connectivity index (χ4n) is 1.30. The van der Waals surface area contributed by atoms with Gasteiger partial charge >= 0.3 is 0 Å². The first kappa shape index (κ1) is 12.4. The van der Waals surface area contributed by atoms with Gasteiger partial charge in [-0.15, -0.1) is 11.6 Å². The zero-order chi connectivity index (χ0) is 11.9. The van der Waals surface area contributed by atoms with Crippen LogP contribution in [0.3, 0.4) is 0 Å². The summed E-state index contributed by atoms with van der Waals surface area (Å²) in [6.45, 7) is 3.91. The predicted molar refractivity (Wildman–Crippen MR) is 71.0 cm³/mol. The molecule has 0 saturated carbocycles. The number of hydrogen-bond donors (Lipinski definition) is 0. The van der Waals surface area contributed by atoms with E-state index in [9.17, 15) is 0 Å². The predicted octanol–water partition coefficient (Wildman–Crippen LogP) is 4.10. The summed E-state index contributed by atoms with van der Waals surface area (Å²) in [5, 5.41) is 5.58. The molecule has 2 aromatic rings. The molecule has 0 spiro atoms. The molecule has 86 valence electrons. The highest BCUT2D eigenvalue weighted by Crippen LogP contribution is 2.30. The lowest BCUT2D eigenvalue weighted by atomic mass is 10.4. The van der Waals surface area contributed by atoms with E-state index in [4.69, 9.17) is 23.2 Å². The number of hydrogen-bond acceptors (Lipinski definition) is 3. The molecule has 0 radical (unpaired) electrons. The molecule has 0 N–H and O–H groups in total. The average molecular weight is 341 g/mol. The summed E-state index contributed by atoms with van der Waals surface area (Å²) in [7, 11) is 0. The van der Waals surface area contributed by atoms with Gasteiger partial charge in [-0.05, 0) is 29.8 Å². The summed E-state index contributed by atoms with van der Waals surface area (Å²) in [5.74, 6) is 0.372. The third kappa shape index (κ3) is 2.01. The first-order chi connectivity index (χ1) is 7.54. The van der Waals surface area contributed by atoms with Crippen LogP contribution in [0.15, 0.2) is 4.47 Å². The highest BCUT2D eigenvalue weighted by molar-refractivity contribution is 9.10. The van der Waals surface area contributed by atoms with Gasteiger partial charge in [0.1, 0.15) is 5.15 Å². The van der Waals surface area contributed by atoms with Gasteiger partial charge < -0.3 is 0 Å². The highest BCUT2D eigenvalue weighted by Gasteiger charge is 2.15. The van der Waals surface area contributed by atoms with E-state index in [1.165, 1.54) is 11.3 Å². The zero-order valence-corrected chi connectivity index (χ0v) is 12.5. The number of nitrogens with zero attached hydrogens (tertiary/aromatic N) is 3. The molecule has 0 atom stereocenters. The number of halogens is 3. The van der Waals surface area contributed by atoms with Crippen LogP contribution in [0.25, 0.3) is 5.13 Å². The van der Waals surface area contributed by atoms with Crippen molar-refractivity contribution < 1.29 is 0 Å². The largest absolute Gasteiger partial charge is 0.212 e. The Bertz CT molecular complexity index is 535. The third-order valence-electron chi connectivity index (χ3n) is 2.14. The number of aromatic nitrogens is 3. The number of thiazole rings is 1. The van der Waals surface area contributed by atoms with Gasteiger partial charge in [-0.3, -0.25) is 0 Å². The van der Waals surface area contributed by atoms with Crippen molar-refractivity contribution in [3.63, 3.8) is 0 Å². The average Bonchev–Trinajstić information content (AvgIpc) is 2.74. The van der Waals surface area contributed by atoms with Crippen LogP contribution in [0.2, 0.25) is 5.15 Å². The molecule has 0 aromatic carbocycles. The van der Waals surface area contributed by atoms with E-state index in [2.05, 4.69) is 26.0 Å². The molecular formula is C9H8BrCl2N3S. The van der Waals surface area contributed by atoms with Crippen molar-refractivity contribution in [1.82, 2.24) is 14.8 Å². The summed E-state index contributed by atoms with van der Waals surface area (Å²) >= 11 is 16.6. The first-order valence-corrected chi connectivity index (χ1v) is 7.00. The van der Waals surface area contributed by atoms with Crippen molar-refractivity contribution in [2.45, 2.75) is 19.7 Å². The number of alkyl halides is 1. The Labute approximate surface area is 116 Å². The smallest absolute Gasteiger partial charge is 0.209 e. The zero-order valence-electron chi connectivity index (χ0n) is 8.59. The topological polar surface area (TPSA) is 30.7 Å². The Morgan fingerprint density at radius 1 is 1.44 bits per heavy atom. The van der Waals surface area contributed by atoms with Gasteiger partial charge in [-0.1, -0.05) is 22.9 Å². The molecule has 0 bridgehead atoms. The SMILES string of the molecule is Cc1nn(-c2nc(Cl)c(CCl)s2)c(C)c1Br. The van der Waals surface area contributed by atoms with Crippen LogP contribution in [0, 0.1) is 13.8 Å². The normalized spacial score (nSPS) is 11.1. The maximum Gasteiger partial charge on any atom is 0.212 e. The van der Waals surface area contributed by atoms with E-state index in [0.717, 1.165) is 25.9 Å². The lowest BCUT2D eigenvalue weighted by Gasteiger charge is -1.97. The second-order valence-corrected chi connectivity index (χ2v) is 5.72. The lowest BCUT2D eigenvalue weighted by molar-refractivity contribution is 0.825. The lowest BCUT2D eigenvalue weighted by Crippen LogP contribution is -1.97. The van der Waals surface area contributed by atoms with Crippen molar-refractivity contribution >= 4 is 50.5 Å². The van der Waals surface area contributed by atoms with E-state index >= 15 is 0 Å². The van der Waals surface area contributed by atoms with Gasteiger partial charge in [0.2, 0.25) is 5.13 Å². The van der Waals surface area contributed by atoms with Crippen molar-refractivity contribution in [3.05, 3.63) is 25.9 Å². The molecule has 16 heavy (non-hydrogen) atoms. The van der Waals surface area contributed by atoms with Gasteiger partial charge in [-0.25, -0.2) is 9.67 Å². The van der Waals surface area contributed by atoms with Crippen LogP contribution in [-0.4, -0.2) is 14.8 Å². The van der Waals surface area contributed by atoms with Crippen molar-refractivity contribution in [2.75, 3.05) is 0 Å². The van der Waals surface area contributed by atoms with E-state index in [-0.39, 0.29) is 0 Å². The maximum absolute atomic E-state index is 5.96. The Morgan fingerprint density at radius 2 is 2.12 bits per heavy atom. The molecule has 0 aliphatic heterocycles. The fourth-order valence-corrected chi connectivity index (χ4v) is 3.03. The van der Waals surface area contributed by atoms with Crippen LogP contribution >= 0.6 is 50.5 Å². The van der Waals surface area contributed by atoms with Crippen LogP contribution in [-0.2, 0) is 5.88 Å². The maximum atomic E-state index is 5.96. The summed E-state index contributed by atoms with van der Waals surface area (Å²) in [4.78, 5) is 5.11. The molecular weight excluding hydrogens is 333 g/mol. The van der Waals surface area contributed by atoms with E-state index in [1.54, 1.807) is 4.68 Å². The Hall–Kier alpha value is -0.100. The molecule has 3 nitrogen and oxygen atoms in total. The standard InChI is InChI=1S/C9H8BrCl2N3S/c1-4-7(10)5(2)15(14-4)9-13-8(12)6(3-11)16-9/h3H2,1-2H3. The number of aryl methyl sites for hydroxylation is 1. The first-order valence-electron chi connectivity index (χ1n) is 4.48. The molecule has 0 amide bonds. The molecule has 2 aromatic heterocycles. The van der Waals surface area contributed by atoms with Crippen LogP contribution in [0.5, 0.6) is 0 Å². The van der Waals surface area contributed by atoms with E-state index in [1.807, 2.05) is 13.8 Å². The van der Waals surface area contributed by atoms with E-state index < -0.39 is 0 Å². The summed E-state index contributed by atoms with van der Waals surface area (Å²) in [5.41, 5.74) is 1.93. The molecule has 2 heterocycles. The third-order valence-corrected chi connectivity index (χ3v) is 5.17. The van der Waals surface area contributed by atoms with Gasteiger partial charge in [-0.2, -0.15) is 5.10 Å². The van der Waals surface area contributed by atoms with Gasteiger partial charge in [0.05, 0.1) is 26.6 Å².